The lowest BCUT2D eigenvalue weighted by Gasteiger charge is -2.24. The van der Waals surface area contributed by atoms with Gasteiger partial charge < -0.3 is 9.30 Å². The molecule has 1 saturated carbocycles. The van der Waals surface area contributed by atoms with Gasteiger partial charge in [0.2, 0.25) is 5.82 Å². The van der Waals surface area contributed by atoms with Gasteiger partial charge in [-0.1, -0.05) is 12.8 Å². The Bertz CT molecular complexity index is 440. The lowest BCUT2D eigenvalue weighted by molar-refractivity contribution is -0.0418. The van der Waals surface area contributed by atoms with Crippen LogP contribution in [0.2, 0.25) is 0 Å². The third kappa shape index (κ3) is 1.96. The van der Waals surface area contributed by atoms with Gasteiger partial charge in [0.25, 0.3) is 0 Å². The summed E-state index contributed by atoms with van der Waals surface area (Å²) in [4.78, 5) is 4.01. The Morgan fingerprint density at radius 2 is 2.29 bits per heavy atom. The van der Waals surface area contributed by atoms with Gasteiger partial charge in [-0.3, -0.25) is 0 Å². The van der Waals surface area contributed by atoms with Crippen molar-refractivity contribution in [3.8, 4) is 6.07 Å². The molecule has 0 amide bonds. The first-order valence-corrected chi connectivity index (χ1v) is 6.40. The highest BCUT2D eigenvalue weighted by Gasteiger charge is 2.42. The quantitative estimate of drug-likeness (QED) is 0.784. The molecule has 0 aromatic carbocycles. The minimum Gasteiger partial charge on any atom is -0.370 e. The summed E-state index contributed by atoms with van der Waals surface area (Å²) in [5.41, 5.74) is 0.179. The third-order valence-electron chi connectivity index (χ3n) is 4.07. The lowest BCUT2D eigenvalue weighted by Crippen LogP contribution is -2.26. The number of aromatic nitrogens is 2. The maximum atomic E-state index is 8.91. The van der Waals surface area contributed by atoms with E-state index in [1.54, 1.807) is 6.20 Å². The van der Waals surface area contributed by atoms with E-state index in [0.717, 1.165) is 13.0 Å². The average molecular weight is 231 g/mol. The minimum atomic E-state index is 0.179. The molecule has 17 heavy (non-hydrogen) atoms. The van der Waals surface area contributed by atoms with E-state index in [2.05, 4.69) is 11.1 Å². The molecule has 3 rings (SSSR count). The SMILES string of the molecule is N#Cc1nccn1CC1CCC2(CCCC2)O1. The molecule has 1 unspecified atom stereocenters. The fourth-order valence-electron chi connectivity index (χ4n) is 3.20. The molecule has 2 aliphatic rings. The minimum absolute atomic E-state index is 0.179. The van der Waals surface area contributed by atoms with Crippen molar-refractivity contribution in [3.05, 3.63) is 18.2 Å². The van der Waals surface area contributed by atoms with Crippen molar-refractivity contribution in [1.29, 1.82) is 5.26 Å². The molecule has 0 N–H and O–H groups in total. The predicted molar refractivity (Wildman–Crippen MR) is 62.2 cm³/mol. The second kappa shape index (κ2) is 4.15. The molecule has 0 radical (unpaired) electrons. The zero-order valence-electron chi connectivity index (χ0n) is 9.93. The van der Waals surface area contributed by atoms with Crippen LogP contribution in [0.15, 0.2) is 12.4 Å². The summed E-state index contributed by atoms with van der Waals surface area (Å²) in [5.74, 6) is 0.487. The van der Waals surface area contributed by atoms with Gasteiger partial charge in [-0.25, -0.2) is 4.98 Å². The molecule has 4 nitrogen and oxygen atoms in total. The summed E-state index contributed by atoms with van der Waals surface area (Å²) < 4.78 is 8.13. The summed E-state index contributed by atoms with van der Waals surface area (Å²) in [7, 11) is 0. The smallest absolute Gasteiger partial charge is 0.212 e. The van der Waals surface area contributed by atoms with Crippen LogP contribution in [0.1, 0.15) is 44.3 Å². The van der Waals surface area contributed by atoms with Crippen molar-refractivity contribution < 1.29 is 4.74 Å². The van der Waals surface area contributed by atoms with Crippen molar-refractivity contribution in [2.24, 2.45) is 0 Å². The molecule has 90 valence electrons. The molecule has 1 aliphatic carbocycles. The van der Waals surface area contributed by atoms with Crippen molar-refractivity contribution in [2.45, 2.75) is 56.8 Å². The van der Waals surface area contributed by atoms with Gasteiger partial charge in [-0.15, -0.1) is 0 Å². The molecule has 1 aromatic heterocycles. The van der Waals surface area contributed by atoms with Crippen LogP contribution in [-0.2, 0) is 11.3 Å². The van der Waals surface area contributed by atoms with Crippen LogP contribution in [0.3, 0.4) is 0 Å². The van der Waals surface area contributed by atoms with Crippen molar-refractivity contribution in [2.75, 3.05) is 0 Å². The summed E-state index contributed by atoms with van der Waals surface area (Å²) >= 11 is 0. The molecular weight excluding hydrogens is 214 g/mol. The molecule has 1 aromatic rings. The van der Waals surface area contributed by atoms with Gasteiger partial charge in [-0.05, 0) is 25.7 Å². The van der Waals surface area contributed by atoms with Gasteiger partial charge in [0.1, 0.15) is 6.07 Å². The Hall–Kier alpha value is -1.34. The van der Waals surface area contributed by atoms with E-state index < -0.39 is 0 Å². The van der Waals surface area contributed by atoms with E-state index in [0.29, 0.717) is 5.82 Å². The van der Waals surface area contributed by atoms with Gasteiger partial charge in [0.05, 0.1) is 18.2 Å². The van der Waals surface area contributed by atoms with Crippen LogP contribution in [0.25, 0.3) is 0 Å². The van der Waals surface area contributed by atoms with Gasteiger partial charge in [0, 0.05) is 12.4 Å². The summed E-state index contributed by atoms with van der Waals surface area (Å²) in [5, 5.41) is 8.91. The van der Waals surface area contributed by atoms with Crippen molar-refractivity contribution >= 4 is 0 Å². The maximum Gasteiger partial charge on any atom is 0.212 e. The first-order valence-electron chi connectivity index (χ1n) is 6.40. The Labute approximate surface area is 101 Å². The second-order valence-corrected chi connectivity index (χ2v) is 5.18. The van der Waals surface area contributed by atoms with Crippen LogP contribution in [0, 0.1) is 11.3 Å². The van der Waals surface area contributed by atoms with E-state index in [-0.39, 0.29) is 11.7 Å². The van der Waals surface area contributed by atoms with Crippen molar-refractivity contribution in [1.82, 2.24) is 9.55 Å². The predicted octanol–water partition coefficient (Wildman–Crippen LogP) is 2.25. The Morgan fingerprint density at radius 1 is 1.47 bits per heavy atom. The lowest BCUT2D eigenvalue weighted by atomic mass is 9.98. The molecule has 0 bridgehead atoms. The molecule has 4 heteroatoms. The number of imidazole rings is 1. The topological polar surface area (TPSA) is 50.8 Å². The van der Waals surface area contributed by atoms with Crippen molar-refractivity contribution in [3.63, 3.8) is 0 Å². The average Bonchev–Trinajstić information content (AvgIpc) is 3.03. The largest absolute Gasteiger partial charge is 0.370 e. The van der Waals surface area contributed by atoms with E-state index in [9.17, 15) is 0 Å². The molecule has 1 atom stereocenters. The van der Waals surface area contributed by atoms with E-state index in [1.165, 1.54) is 32.1 Å². The van der Waals surface area contributed by atoms with E-state index in [1.807, 2.05) is 10.8 Å². The van der Waals surface area contributed by atoms with Gasteiger partial charge in [0.15, 0.2) is 0 Å². The Kier molecular flexibility index (Phi) is 2.64. The summed E-state index contributed by atoms with van der Waals surface area (Å²) in [6.45, 7) is 0.768. The fourth-order valence-corrected chi connectivity index (χ4v) is 3.20. The van der Waals surface area contributed by atoms with Crippen LogP contribution < -0.4 is 0 Å². The van der Waals surface area contributed by atoms with E-state index in [4.69, 9.17) is 10.00 Å². The summed E-state index contributed by atoms with van der Waals surface area (Å²) in [6.07, 6.45) is 11.2. The highest BCUT2D eigenvalue weighted by atomic mass is 16.5. The zero-order chi connectivity index (χ0) is 11.7. The monoisotopic (exact) mass is 231 g/mol. The van der Waals surface area contributed by atoms with Gasteiger partial charge >= 0.3 is 0 Å². The van der Waals surface area contributed by atoms with Crippen LogP contribution in [-0.4, -0.2) is 21.3 Å². The number of ether oxygens (including phenoxy) is 1. The number of hydrogen-bond acceptors (Lipinski definition) is 3. The number of nitrogens with zero attached hydrogens (tertiary/aromatic N) is 3. The summed E-state index contributed by atoms with van der Waals surface area (Å²) in [6, 6.07) is 2.11. The van der Waals surface area contributed by atoms with Crippen LogP contribution in [0.4, 0.5) is 0 Å². The number of nitriles is 1. The first kappa shape index (κ1) is 10.8. The number of rotatable bonds is 2. The molecule has 1 aliphatic heterocycles. The first-order chi connectivity index (χ1) is 8.31. The standard InChI is InChI=1S/C13H17N3O/c14-9-12-15-7-8-16(12)10-11-3-6-13(17-11)4-1-2-5-13/h7-8,11H,1-6,10H2. The molecule has 1 spiro atoms. The van der Waals surface area contributed by atoms with Gasteiger partial charge in [-0.2, -0.15) is 5.26 Å². The maximum absolute atomic E-state index is 8.91. The highest BCUT2D eigenvalue weighted by molar-refractivity contribution is 5.11. The molecule has 2 fully saturated rings. The zero-order valence-corrected chi connectivity index (χ0v) is 9.93. The molecule has 2 heterocycles. The third-order valence-corrected chi connectivity index (χ3v) is 4.07. The Morgan fingerprint density at radius 3 is 3.06 bits per heavy atom. The van der Waals surface area contributed by atoms with E-state index >= 15 is 0 Å². The number of hydrogen-bond donors (Lipinski definition) is 0. The van der Waals surface area contributed by atoms with Crippen LogP contribution >= 0.6 is 0 Å². The fraction of sp³-hybridized carbons (Fsp3) is 0.692. The highest BCUT2D eigenvalue weighted by Crippen LogP contribution is 2.43. The second-order valence-electron chi connectivity index (χ2n) is 5.18. The molecular formula is C13H17N3O. The normalized spacial score (nSPS) is 26.4. The Balaban J connectivity index is 1.66. The van der Waals surface area contributed by atoms with Crippen LogP contribution in [0.5, 0.6) is 0 Å². The molecule has 1 saturated heterocycles.